The molecule has 326 valence electrons. The van der Waals surface area contributed by atoms with Gasteiger partial charge in [-0.1, -0.05) is 0 Å². The van der Waals surface area contributed by atoms with Crippen molar-refractivity contribution >= 4 is 40.1 Å². The van der Waals surface area contributed by atoms with Crippen molar-refractivity contribution in [1.82, 2.24) is 35.3 Å². The second-order valence-electron chi connectivity index (χ2n) is 18.0. The minimum Gasteiger partial charge on any atom is -0.494 e. The van der Waals surface area contributed by atoms with Gasteiger partial charge < -0.3 is 28.9 Å². The molecule has 0 spiro atoms. The van der Waals surface area contributed by atoms with Gasteiger partial charge in [0.25, 0.3) is 5.91 Å². The quantitative estimate of drug-likeness (QED) is 0.178. The van der Waals surface area contributed by atoms with E-state index in [1.807, 2.05) is 25.1 Å². The van der Waals surface area contributed by atoms with Gasteiger partial charge in [0.1, 0.15) is 35.2 Å². The number of nitrogens with zero attached hydrogens (tertiary/aromatic N) is 7. The molecule has 4 aliphatic heterocycles. The van der Waals surface area contributed by atoms with E-state index in [0.29, 0.717) is 46.7 Å². The predicted octanol–water partition coefficient (Wildman–Crippen LogP) is 5.72. The summed E-state index contributed by atoms with van der Waals surface area (Å²) >= 11 is 0. The molecule has 10 rings (SSSR count). The van der Waals surface area contributed by atoms with Gasteiger partial charge in [-0.2, -0.15) is 5.10 Å². The summed E-state index contributed by atoms with van der Waals surface area (Å²) in [7, 11) is 1.64. The number of ether oxygens (including phenoxy) is 3. The van der Waals surface area contributed by atoms with Gasteiger partial charge in [-0.05, 0) is 88.8 Å². The van der Waals surface area contributed by atoms with Gasteiger partial charge in [-0.25, -0.2) is 14.4 Å². The first kappa shape index (κ1) is 39.8. The van der Waals surface area contributed by atoms with Crippen LogP contribution in [0.4, 0.5) is 15.9 Å². The molecule has 3 amide bonds. The molecule has 6 aliphatic rings. The van der Waals surface area contributed by atoms with E-state index >= 15 is 0 Å². The van der Waals surface area contributed by atoms with Crippen molar-refractivity contribution in [1.29, 1.82) is 0 Å². The standard InChI is InChI=1S/C45H54FN9O6.2H2/c1-45(13-14-45)61-38-21-31-34(22-33(38)46)50-51-41(31)35-23-39(48-26-47-35)54-19-17-52(18-20-54)24-27-3-5-28(6-4-27)60-29-11-15-53(16-12-29)36-8-7-30-32(42(36)59-2)25-55(44(30)58)37-9-10-40(56)49-43(37)57;;/h7-8,21-23,26-29,37H,3-6,9-20,24-25H2,1-2H3,(H,50,51)(H,49,56,57);2*1H. The molecule has 1 unspecified atom stereocenters. The van der Waals surface area contributed by atoms with Crippen LogP contribution in [-0.2, 0) is 20.9 Å². The van der Waals surface area contributed by atoms with Crippen molar-refractivity contribution in [2.45, 2.75) is 102 Å². The number of aromatic amines is 1. The van der Waals surface area contributed by atoms with E-state index in [-0.39, 0.29) is 45.1 Å². The van der Waals surface area contributed by atoms with Crippen LogP contribution in [0.15, 0.2) is 36.7 Å². The van der Waals surface area contributed by atoms with Crippen LogP contribution in [0.25, 0.3) is 22.3 Å². The third-order valence-electron chi connectivity index (χ3n) is 13.8. The maximum Gasteiger partial charge on any atom is 0.255 e. The molecule has 1 atom stereocenters. The highest BCUT2D eigenvalue weighted by molar-refractivity contribution is 6.06. The molecule has 2 N–H and O–H groups in total. The Balaban J connectivity index is 0.00000272. The van der Waals surface area contributed by atoms with Crippen molar-refractivity contribution in [3.05, 3.63) is 53.6 Å². The summed E-state index contributed by atoms with van der Waals surface area (Å²) in [6.45, 7) is 8.77. The summed E-state index contributed by atoms with van der Waals surface area (Å²) in [5.74, 6) is 1.16. The predicted molar refractivity (Wildman–Crippen MR) is 229 cm³/mol. The molecule has 6 heterocycles. The summed E-state index contributed by atoms with van der Waals surface area (Å²) in [6.07, 6.45) is 10.9. The molecule has 2 aliphatic carbocycles. The monoisotopic (exact) mass is 839 g/mol. The van der Waals surface area contributed by atoms with E-state index in [9.17, 15) is 18.8 Å². The molecule has 2 saturated carbocycles. The van der Waals surface area contributed by atoms with Crippen molar-refractivity contribution in [3.63, 3.8) is 0 Å². The Hall–Kier alpha value is -5.35. The first-order valence-corrected chi connectivity index (χ1v) is 22.0. The molecule has 15 nitrogen and oxygen atoms in total. The average Bonchev–Trinajstić information content (AvgIpc) is 3.71. The number of methoxy groups -OCH3 is 1. The summed E-state index contributed by atoms with van der Waals surface area (Å²) in [4.78, 5) is 55.6. The molecule has 2 aromatic heterocycles. The number of nitrogens with one attached hydrogen (secondary N) is 2. The van der Waals surface area contributed by atoms with Crippen LogP contribution in [0.3, 0.4) is 0 Å². The maximum absolute atomic E-state index is 14.8. The number of piperazine rings is 1. The molecule has 4 aromatic rings. The molecule has 0 radical (unpaired) electrons. The lowest BCUT2D eigenvalue weighted by Crippen LogP contribution is -2.52. The van der Waals surface area contributed by atoms with Gasteiger partial charge in [0.05, 0.1) is 42.8 Å². The van der Waals surface area contributed by atoms with Crippen LogP contribution in [0, 0.1) is 11.7 Å². The lowest BCUT2D eigenvalue weighted by molar-refractivity contribution is -0.136. The highest BCUT2D eigenvalue weighted by atomic mass is 19.1. The zero-order valence-corrected chi connectivity index (χ0v) is 35.0. The fraction of sp³-hybridized carbons (Fsp3) is 0.556. The SMILES string of the molecule is COc1c(N2CCC(OC3CCC(CN4CCN(c5cc(-c6n[nH]c7cc(F)c(OC8(C)CC8)cc67)ncn5)CC4)CC3)CC2)ccc2c1CN(C1CCC(=O)NC1=O)C2=O.[HH].[HH]. The Kier molecular flexibility index (Phi) is 10.5. The summed E-state index contributed by atoms with van der Waals surface area (Å²) < 4.78 is 33.4. The number of carbonyl (C=O) groups excluding carboxylic acids is 3. The van der Waals surface area contributed by atoms with E-state index in [4.69, 9.17) is 14.2 Å². The largest absolute Gasteiger partial charge is 0.494 e. The third kappa shape index (κ3) is 8.00. The molecular formula is C45H58FN9O6. The van der Waals surface area contributed by atoms with Crippen molar-refractivity contribution in [2.24, 2.45) is 5.92 Å². The van der Waals surface area contributed by atoms with Gasteiger partial charge in [0, 0.05) is 83.7 Å². The van der Waals surface area contributed by atoms with Gasteiger partial charge in [-0.3, -0.25) is 29.7 Å². The van der Waals surface area contributed by atoms with Crippen LogP contribution in [0.1, 0.15) is 89.9 Å². The highest BCUT2D eigenvalue weighted by Crippen LogP contribution is 2.43. The zero-order chi connectivity index (χ0) is 41.8. The number of rotatable bonds is 11. The second kappa shape index (κ2) is 16.2. The number of benzene rings is 2. The van der Waals surface area contributed by atoms with E-state index in [1.54, 1.807) is 24.4 Å². The number of aromatic nitrogens is 4. The molecule has 2 aromatic carbocycles. The summed E-state index contributed by atoms with van der Waals surface area (Å²) in [5.41, 5.74) is 3.99. The number of carbonyl (C=O) groups is 3. The van der Waals surface area contributed by atoms with E-state index < -0.39 is 17.8 Å². The van der Waals surface area contributed by atoms with E-state index in [0.717, 1.165) is 107 Å². The highest BCUT2D eigenvalue weighted by Gasteiger charge is 2.42. The van der Waals surface area contributed by atoms with Gasteiger partial charge in [0.2, 0.25) is 11.8 Å². The third-order valence-corrected chi connectivity index (χ3v) is 13.8. The lowest BCUT2D eigenvalue weighted by Gasteiger charge is -2.40. The number of H-pyrrole nitrogens is 1. The average molecular weight is 840 g/mol. The normalized spacial score (nSPS) is 24.6. The number of anilines is 2. The van der Waals surface area contributed by atoms with Crippen LogP contribution < -0.4 is 24.6 Å². The summed E-state index contributed by atoms with van der Waals surface area (Å²) in [6, 6.07) is 8.33. The minimum absolute atomic E-state index is 0. The molecular weight excluding hydrogens is 782 g/mol. The first-order valence-electron chi connectivity index (χ1n) is 22.0. The molecule has 5 fully saturated rings. The van der Waals surface area contributed by atoms with E-state index in [2.05, 4.69) is 40.2 Å². The molecule has 0 bridgehead atoms. The number of hydrogen-bond donors (Lipinski definition) is 2. The van der Waals surface area contributed by atoms with Crippen LogP contribution in [0.2, 0.25) is 0 Å². The minimum atomic E-state index is -0.658. The smallest absolute Gasteiger partial charge is 0.255 e. The number of imide groups is 1. The van der Waals surface area contributed by atoms with Crippen LogP contribution in [0.5, 0.6) is 11.5 Å². The van der Waals surface area contributed by atoms with Gasteiger partial charge in [0.15, 0.2) is 11.6 Å². The number of hydrogen-bond acceptors (Lipinski definition) is 12. The number of fused-ring (bicyclic) bond motifs is 2. The second-order valence-corrected chi connectivity index (χ2v) is 18.0. The van der Waals surface area contributed by atoms with Crippen LogP contribution >= 0.6 is 0 Å². The van der Waals surface area contributed by atoms with Gasteiger partial charge in [-0.15, -0.1) is 0 Å². The first-order chi connectivity index (χ1) is 29.6. The van der Waals surface area contributed by atoms with Crippen molar-refractivity contribution in [2.75, 3.05) is 62.7 Å². The number of piperidine rings is 2. The lowest BCUT2D eigenvalue weighted by atomic mass is 9.86. The van der Waals surface area contributed by atoms with Crippen molar-refractivity contribution in [3.8, 4) is 22.9 Å². The number of amides is 3. The molecule has 61 heavy (non-hydrogen) atoms. The Morgan fingerprint density at radius 2 is 1.67 bits per heavy atom. The maximum atomic E-state index is 14.8. The van der Waals surface area contributed by atoms with Gasteiger partial charge >= 0.3 is 0 Å². The zero-order valence-electron chi connectivity index (χ0n) is 35.0. The van der Waals surface area contributed by atoms with E-state index in [1.165, 1.54) is 18.9 Å². The Morgan fingerprint density at radius 1 is 0.902 bits per heavy atom. The fourth-order valence-electron chi connectivity index (χ4n) is 10.0. The Bertz CT molecular complexity index is 2340. The number of halogens is 1. The topological polar surface area (TPSA) is 158 Å². The summed E-state index contributed by atoms with van der Waals surface area (Å²) in [5, 5.41) is 10.6. The van der Waals surface area contributed by atoms with Crippen molar-refractivity contribution < 1.29 is 35.8 Å². The molecule has 3 saturated heterocycles. The fourth-order valence-corrected chi connectivity index (χ4v) is 10.0. The Morgan fingerprint density at radius 3 is 2.41 bits per heavy atom. The van der Waals surface area contributed by atoms with Crippen LogP contribution in [-0.4, -0.2) is 124 Å². The Labute approximate surface area is 357 Å². The molecule has 16 heteroatoms.